The van der Waals surface area contributed by atoms with Gasteiger partial charge in [-0.15, -0.1) is 0 Å². The topological polar surface area (TPSA) is 25.2 Å². The van der Waals surface area contributed by atoms with E-state index in [0.29, 0.717) is 0 Å². The van der Waals surface area contributed by atoms with Crippen LogP contribution in [-0.4, -0.2) is 28.5 Å². The number of carbonyl (C=O) groups is 1. The van der Waals surface area contributed by atoms with E-state index in [1.807, 2.05) is 34.8 Å². The molecule has 94 valence electrons. The number of nitrogens with zero attached hydrogens (tertiary/aromatic N) is 2. The third kappa shape index (κ3) is 1.85. The number of aromatic nitrogens is 1. The molecule has 3 rings (SSSR count). The third-order valence-electron chi connectivity index (χ3n) is 3.58. The molecule has 0 atom stereocenters. The van der Waals surface area contributed by atoms with E-state index in [-0.39, 0.29) is 5.91 Å². The Bertz CT molecular complexity index is 612. The van der Waals surface area contributed by atoms with E-state index in [1.165, 1.54) is 0 Å². The maximum absolute atomic E-state index is 12.5. The highest BCUT2D eigenvalue weighted by Crippen LogP contribution is 2.26. The Balaban J connectivity index is 2.09. The van der Waals surface area contributed by atoms with E-state index in [1.54, 1.807) is 0 Å². The molecule has 0 aliphatic carbocycles. The molecule has 0 bridgehead atoms. The Labute approximate surface area is 115 Å². The van der Waals surface area contributed by atoms with Crippen molar-refractivity contribution in [2.24, 2.45) is 7.05 Å². The van der Waals surface area contributed by atoms with Gasteiger partial charge in [0.25, 0.3) is 5.91 Å². The van der Waals surface area contributed by atoms with Gasteiger partial charge in [-0.25, -0.2) is 0 Å². The molecule has 0 radical (unpaired) electrons. The van der Waals surface area contributed by atoms with E-state index in [2.05, 4.69) is 22.0 Å². The summed E-state index contributed by atoms with van der Waals surface area (Å²) in [5.74, 6) is 0.167. The van der Waals surface area contributed by atoms with Crippen LogP contribution >= 0.6 is 15.9 Å². The SMILES string of the molecule is Cn1cc(C(=O)N2CCCC2)c2ccc(Br)cc21. The van der Waals surface area contributed by atoms with Crippen molar-refractivity contribution < 1.29 is 4.79 Å². The fraction of sp³-hybridized carbons (Fsp3) is 0.357. The summed E-state index contributed by atoms with van der Waals surface area (Å²) >= 11 is 3.47. The zero-order valence-corrected chi connectivity index (χ0v) is 11.9. The number of carbonyl (C=O) groups excluding carboxylic acids is 1. The van der Waals surface area contributed by atoms with E-state index in [4.69, 9.17) is 0 Å². The minimum Gasteiger partial charge on any atom is -0.350 e. The molecule has 0 saturated carbocycles. The highest BCUT2D eigenvalue weighted by molar-refractivity contribution is 9.10. The molecule has 1 aliphatic rings. The quantitative estimate of drug-likeness (QED) is 0.794. The average molecular weight is 307 g/mol. The second-order valence-electron chi connectivity index (χ2n) is 4.81. The van der Waals surface area contributed by atoms with Crippen molar-refractivity contribution in [2.45, 2.75) is 12.8 Å². The van der Waals surface area contributed by atoms with Crippen LogP contribution in [0.4, 0.5) is 0 Å². The summed E-state index contributed by atoms with van der Waals surface area (Å²) < 4.78 is 3.06. The van der Waals surface area contributed by atoms with E-state index < -0.39 is 0 Å². The van der Waals surface area contributed by atoms with Gasteiger partial charge >= 0.3 is 0 Å². The van der Waals surface area contributed by atoms with Crippen molar-refractivity contribution in [2.75, 3.05) is 13.1 Å². The van der Waals surface area contributed by atoms with Crippen molar-refractivity contribution >= 4 is 32.7 Å². The van der Waals surface area contributed by atoms with Crippen LogP contribution in [0.5, 0.6) is 0 Å². The minimum absolute atomic E-state index is 0.167. The number of fused-ring (bicyclic) bond motifs is 1. The van der Waals surface area contributed by atoms with Crippen molar-refractivity contribution in [3.05, 3.63) is 34.4 Å². The summed E-state index contributed by atoms with van der Waals surface area (Å²) in [6.45, 7) is 1.79. The first-order valence-electron chi connectivity index (χ1n) is 6.20. The summed E-state index contributed by atoms with van der Waals surface area (Å²) in [6, 6.07) is 6.06. The molecule has 4 heteroatoms. The average Bonchev–Trinajstić information content (AvgIpc) is 2.97. The monoisotopic (exact) mass is 306 g/mol. The predicted molar refractivity (Wildman–Crippen MR) is 75.8 cm³/mol. The lowest BCUT2D eigenvalue weighted by molar-refractivity contribution is 0.0794. The standard InChI is InChI=1S/C14H15BrN2O/c1-16-9-12(14(18)17-6-2-3-7-17)11-5-4-10(15)8-13(11)16/h4-5,8-9H,2-3,6-7H2,1H3. The van der Waals surface area contributed by atoms with Gasteiger partial charge in [-0.2, -0.15) is 0 Å². The summed E-state index contributed by atoms with van der Waals surface area (Å²) in [7, 11) is 1.98. The Hall–Kier alpha value is -1.29. The molecule has 1 aliphatic heterocycles. The van der Waals surface area contributed by atoms with Crippen LogP contribution in [0.2, 0.25) is 0 Å². The highest BCUT2D eigenvalue weighted by atomic mass is 79.9. The summed E-state index contributed by atoms with van der Waals surface area (Å²) in [5, 5.41) is 1.04. The van der Waals surface area contributed by atoms with Crippen molar-refractivity contribution in [1.82, 2.24) is 9.47 Å². The summed E-state index contributed by atoms with van der Waals surface area (Å²) in [6.07, 6.45) is 4.20. The molecular formula is C14H15BrN2O. The number of hydrogen-bond donors (Lipinski definition) is 0. The zero-order chi connectivity index (χ0) is 12.7. The third-order valence-corrected chi connectivity index (χ3v) is 4.07. The van der Waals surface area contributed by atoms with E-state index in [0.717, 1.165) is 46.9 Å². The molecule has 0 unspecified atom stereocenters. The fourth-order valence-corrected chi connectivity index (χ4v) is 2.97. The van der Waals surface area contributed by atoms with Gasteiger partial charge in [0.05, 0.1) is 5.56 Å². The lowest BCUT2D eigenvalue weighted by Crippen LogP contribution is -2.27. The lowest BCUT2D eigenvalue weighted by atomic mass is 10.1. The maximum Gasteiger partial charge on any atom is 0.256 e. The second-order valence-corrected chi connectivity index (χ2v) is 5.73. The molecule has 0 N–H and O–H groups in total. The van der Waals surface area contributed by atoms with E-state index >= 15 is 0 Å². The highest BCUT2D eigenvalue weighted by Gasteiger charge is 2.22. The molecule has 0 spiro atoms. The van der Waals surface area contributed by atoms with Gasteiger partial charge in [0, 0.05) is 41.7 Å². The molecule has 1 fully saturated rings. The number of hydrogen-bond acceptors (Lipinski definition) is 1. The first-order valence-corrected chi connectivity index (χ1v) is 7.00. The second kappa shape index (κ2) is 4.43. The Morgan fingerprint density at radius 2 is 2.00 bits per heavy atom. The van der Waals surface area contributed by atoms with Gasteiger partial charge in [-0.05, 0) is 25.0 Å². The lowest BCUT2D eigenvalue weighted by Gasteiger charge is -2.14. The van der Waals surface area contributed by atoms with Crippen LogP contribution in [0.25, 0.3) is 10.9 Å². The normalized spacial score (nSPS) is 15.6. The van der Waals surface area contributed by atoms with Crippen LogP contribution in [-0.2, 0) is 7.05 Å². The Morgan fingerprint density at radius 3 is 2.72 bits per heavy atom. The van der Waals surface area contributed by atoms with Crippen molar-refractivity contribution in [3.63, 3.8) is 0 Å². The number of aryl methyl sites for hydroxylation is 1. The summed E-state index contributed by atoms with van der Waals surface area (Å²) in [5.41, 5.74) is 1.91. The van der Waals surface area contributed by atoms with Crippen LogP contribution < -0.4 is 0 Å². The molecule has 1 aromatic heterocycles. The Morgan fingerprint density at radius 1 is 1.28 bits per heavy atom. The fourth-order valence-electron chi connectivity index (χ4n) is 2.62. The van der Waals surface area contributed by atoms with Gasteiger partial charge in [0.1, 0.15) is 0 Å². The number of rotatable bonds is 1. The first-order chi connectivity index (χ1) is 8.66. The minimum atomic E-state index is 0.167. The molecular weight excluding hydrogens is 292 g/mol. The van der Waals surface area contributed by atoms with Gasteiger partial charge in [0.2, 0.25) is 0 Å². The number of benzene rings is 1. The Kier molecular flexibility index (Phi) is 2.90. The first kappa shape index (κ1) is 11.8. The molecule has 1 aromatic carbocycles. The van der Waals surface area contributed by atoms with Crippen LogP contribution in [0.15, 0.2) is 28.9 Å². The molecule has 3 nitrogen and oxygen atoms in total. The zero-order valence-electron chi connectivity index (χ0n) is 10.3. The van der Waals surface area contributed by atoms with Gasteiger partial charge in [0.15, 0.2) is 0 Å². The predicted octanol–water partition coefficient (Wildman–Crippen LogP) is 3.18. The van der Waals surface area contributed by atoms with Gasteiger partial charge in [-0.1, -0.05) is 22.0 Å². The smallest absolute Gasteiger partial charge is 0.256 e. The summed E-state index contributed by atoms with van der Waals surface area (Å²) in [4.78, 5) is 14.4. The van der Waals surface area contributed by atoms with Crippen LogP contribution in [0.1, 0.15) is 23.2 Å². The number of halogens is 1. The molecule has 2 heterocycles. The molecule has 2 aromatic rings. The van der Waals surface area contributed by atoms with Crippen molar-refractivity contribution in [1.29, 1.82) is 0 Å². The van der Waals surface area contributed by atoms with Crippen LogP contribution in [0, 0.1) is 0 Å². The van der Waals surface area contributed by atoms with Gasteiger partial charge < -0.3 is 9.47 Å². The van der Waals surface area contributed by atoms with E-state index in [9.17, 15) is 4.79 Å². The number of amides is 1. The molecule has 1 amide bonds. The van der Waals surface area contributed by atoms with Gasteiger partial charge in [-0.3, -0.25) is 4.79 Å². The number of likely N-dealkylation sites (tertiary alicyclic amines) is 1. The maximum atomic E-state index is 12.5. The largest absolute Gasteiger partial charge is 0.350 e. The molecule has 18 heavy (non-hydrogen) atoms. The molecule has 1 saturated heterocycles. The van der Waals surface area contributed by atoms with Crippen molar-refractivity contribution in [3.8, 4) is 0 Å². The van der Waals surface area contributed by atoms with Crippen LogP contribution in [0.3, 0.4) is 0 Å².